The number of aliphatic hydroxyl groups is 1. The molecule has 0 spiro atoms. The minimum atomic E-state index is -0.941. The van der Waals surface area contributed by atoms with E-state index in [9.17, 15) is 14.7 Å². The predicted molar refractivity (Wildman–Crippen MR) is 199 cm³/mol. The first-order chi connectivity index (χ1) is 24.3. The van der Waals surface area contributed by atoms with Crippen molar-refractivity contribution in [2.75, 3.05) is 11.5 Å². The minimum Gasteiger partial charge on any atom is -0.507 e. The first-order valence-electron chi connectivity index (χ1n) is 16.3. The van der Waals surface area contributed by atoms with Crippen LogP contribution in [0.3, 0.4) is 0 Å². The molecule has 1 aromatic heterocycles. The van der Waals surface area contributed by atoms with E-state index >= 15 is 0 Å². The van der Waals surface area contributed by atoms with Gasteiger partial charge in [-0.15, -0.1) is 10.2 Å². The van der Waals surface area contributed by atoms with Crippen LogP contribution in [0.5, 0.6) is 11.5 Å². The molecule has 1 amide bonds. The minimum absolute atomic E-state index is 0.0365. The van der Waals surface area contributed by atoms with Gasteiger partial charge in [-0.05, 0) is 78.6 Å². The van der Waals surface area contributed by atoms with Crippen molar-refractivity contribution in [1.29, 1.82) is 0 Å². The summed E-state index contributed by atoms with van der Waals surface area (Å²) in [6, 6.07) is 28.7. The summed E-state index contributed by atoms with van der Waals surface area (Å²) >= 11 is 8.71. The third-order valence-corrected chi connectivity index (χ3v) is 10.5. The maximum Gasteiger partial charge on any atom is 0.301 e. The Balaban J connectivity index is 1.29. The number of aryl methyl sites for hydroxylation is 1. The molecule has 5 aromatic rings. The van der Waals surface area contributed by atoms with Crippen molar-refractivity contribution in [2.24, 2.45) is 0 Å². The quantitative estimate of drug-likeness (QED) is 0.0302. The molecule has 1 saturated heterocycles. The van der Waals surface area contributed by atoms with Crippen LogP contribution in [0.2, 0.25) is 5.02 Å². The van der Waals surface area contributed by atoms with Gasteiger partial charge in [-0.1, -0.05) is 109 Å². The molecule has 0 aliphatic carbocycles. The Morgan fingerprint density at radius 2 is 1.62 bits per heavy atom. The molecule has 1 fully saturated rings. The summed E-state index contributed by atoms with van der Waals surface area (Å²) in [6.07, 6.45) is 3.12. The standard InChI is InChI=1S/C39H36ClN3O5S2/c1-3-4-5-21-47-31-17-11-28(12-18-31)34-33(35(44)29-13-19-32(20-14-29)48-23-27-8-6-7-25(2)22-27)36(45)37(46)43(34)38-41-42-39(50-38)49-24-26-9-15-30(40)16-10-26/h6-20,22,34,44H,3-5,21,23-24H2,1-2H3/b35-33+. The van der Waals surface area contributed by atoms with Crippen LogP contribution in [-0.4, -0.2) is 33.6 Å². The molecular formula is C39H36ClN3O5S2. The number of amides is 1. The number of ether oxygens (including phenoxy) is 2. The fraction of sp³-hybridized carbons (Fsp3) is 0.231. The van der Waals surface area contributed by atoms with Crippen LogP contribution in [0.4, 0.5) is 5.13 Å². The van der Waals surface area contributed by atoms with E-state index in [2.05, 4.69) is 23.2 Å². The summed E-state index contributed by atoms with van der Waals surface area (Å²) in [6.45, 7) is 5.15. The number of rotatable bonds is 14. The van der Waals surface area contributed by atoms with Gasteiger partial charge in [0.05, 0.1) is 18.2 Å². The lowest BCUT2D eigenvalue weighted by Gasteiger charge is -2.22. The van der Waals surface area contributed by atoms with Crippen LogP contribution in [0, 0.1) is 6.92 Å². The zero-order valence-corrected chi connectivity index (χ0v) is 30.1. The Morgan fingerprint density at radius 3 is 2.34 bits per heavy atom. The highest BCUT2D eigenvalue weighted by Gasteiger charge is 2.48. The Morgan fingerprint density at radius 1 is 0.900 bits per heavy atom. The molecule has 256 valence electrons. The van der Waals surface area contributed by atoms with Gasteiger partial charge >= 0.3 is 5.91 Å². The summed E-state index contributed by atoms with van der Waals surface area (Å²) in [4.78, 5) is 28.8. The highest BCUT2D eigenvalue weighted by atomic mass is 35.5. The van der Waals surface area contributed by atoms with Gasteiger partial charge < -0.3 is 14.6 Å². The van der Waals surface area contributed by atoms with Crippen LogP contribution in [0.1, 0.15) is 60.0 Å². The van der Waals surface area contributed by atoms with E-state index in [1.165, 1.54) is 28.0 Å². The Bertz CT molecular complexity index is 1980. The monoisotopic (exact) mass is 725 g/mol. The van der Waals surface area contributed by atoms with E-state index in [-0.39, 0.29) is 16.5 Å². The first-order valence-corrected chi connectivity index (χ1v) is 18.5. The summed E-state index contributed by atoms with van der Waals surface area (Å²) < 4.78 is 12.5. The molecule has 0 radical (unpaired) electrons. The van der Waals surface area contributed by atoms with Crippen LogP contribution in [0.25, 0.3) is 5.76 Å². The second-order valence-electron chi connectivity index (χ2n) is 11.9. The number of carbonyl (C=O) groups excluding carboxylic acids is 2. The molecule has 0 saturated carbocycles. The zero-order chi connectivity index (χ0) is 35.0. The molecule has 1 unspecified atom stereocenters. The number of unbranched alkanes of at least 4 members (excludes halogenated alkanes) is 2. The van der Waals surface area contributed by atoms with Gasteiger partial charge in [0.15, 0.2) is 4.34 Å². The van der Waals surface area contributed by atoms with E-state index in [1.54, 1.807) is 24.3 Å². The zero-order valence-electron chi connectivity index (χ0n) is 27.7. The molecule has 1 aliphatic heterocycles. The van der Waals surface area contributed by atoms with Gasteiger partial charge in [0.25, 0.3) is 5.78 Å². The fourth-order valence-corrected chi connectivity index (χ4v) is 7.50. The largest absolute Gasteiger partial charge is 0.507 e. The molecule has 11 heteroatoms. The molecule has 1 aliphatic rings. The third-order valence-electron chi connectivity index (χ3n) is 8.15. The number of hydrogen-bond donors (Lipinski definition) is 1. The van der Waals surface area contributed by atoms with Crippen LogP contribution >= 0.6 is 34.7 Å². The Labute approximate surface area is 304 Å². The Hall–Kier alpha value is -4.64. The maximum atomic E-state index is 13.7. The number of nitrogens with zero attached hydrogens (tertiary/aromatic N) is 3. The summed E-state index contributed by atoms with van der Waals surface area (Å²) in [5, 5.41) is 21.2. The van der Waals surface area contributed by atoms with E-state index < -0.39 is 17.7 Å². The lowest BCUT2D eigenvalue weighted by molar-refractivity contribution is -0.132. The molecule has 0 bridgehead atoms. The topological polar surface area (TPSA) is 102 Å². The molecule has 4 aromatic carbocycles. The van der Waals surface area contributed by atoms with E-state index in [0.29, 0.717) is 51.0 Å². The average molecular weight is 726 g/mol. The van der Waals surface area contributed by atoms with Crippen molar-refractivity contribution < 1.29 is 24.2 Å². The molecule has 6 rings (SSSR count). The van der Waals surface area contributed by atoms with Gasteiger partial charge in [-0.2, -0.15) is 0 Å². The lowest BCUT2D eigenvalue weighted by atomic mass is 9.95. The van der Waals surface area contributed by atoms with E-state index in [0.717, 1.165) is 36.0 Å². The molecule has 2 heterocycles. The van der Waals surface area contributed by atoms with Gasteiger partial charge in [0.1, 0.15) is 23.9 Å². The highest BCUT2D eigenvalue weighted by molar-refractivity contribution is 8.00. The normalized spacial score (nSPS) is 15.4. The number of ketones is 1. The molecule has 1 atom stereocenters. The van der Waals surface area contributed by atoms with Crippen molar-refractivity contribution in [2.45, 2.75) is 55.9 Å². The SMILES string of the molecule is CCCCCOc1ccc(C2/C(=C(\O)c3ccc(OCc4cccc(C)c4)cc3)C(=O)C(=O)N2c2nnc(SCc3ccc(Cl)cc3)s2)cc1. The molecule has 50 heavy (non-hydrogen) atoms. The van der Waals surface area contributed by atoms with Gasteiger partial charge in [-0.3, -0.25) is 14.5 Å². The van der Waals surface area contributed by atoms with Crippen molar-refractivity contribution in [3.63, 3.8) is 0 Å². The number of aromatic nitrogens is 2. The number of benzene rings is 4. The summed E-state index contributed by atoms with van der Waals surface area (Å²) in [7, 11) is 0. The van der Waals surface area contributed by atoms with E-state index in [1.807, 2.05) is 73.7 Å². The number of halogens is 1. The predicted octanol–water partition coefficient (Wildman–Crippen LogP) is 9.57. The van der Waals surface area contributed by atoms with Gasteiger partial charge in [0.2, 0.25) is 5.13 Å². The number of carbonyl (C=O) groups is 2. The van der Waals surface area contributed by atoms with Crippen LogP contribution in [0.15, 0.2) is 107 Å². The van der Waals surface area contributed by atoms with Crippen molar-refractivity contribution >= 4 is 57.3 Å². The number of aliphatic hydroxyl groups excluding tert-OH is 1. The summed E-state index contributed by atoms with van der Waals surface area (Å²) in [5.74, 6) is 0.0193. The van der Waals surface area contributed by atoms with Crippen molar-refractivity contribution in [3.8, 4) is 11.5 Å². The summed E-state index contributed by atoms with van der Waals surface area (Å²) in [5.41, 5.74) is 4.20. The average Bonchev–Trinajstić information content (AvgIpc) is 3.70. The third kappa shape index (κ3) is 8.38. The second kappa shape index (κ2) is 16.4. The maximum absolute atomic E-state index is 13.7. The van der Waals surface area contributed by atoms with Crippen molar-refractivity contribution in [3.05, 3.63) is 135 Å². The molecule has 1 N–H and O–H groups in total. The number of anilines is 1. The van der Waals surface area contributed by atoms with Crippen LogP contribution < -0.4 is 14.4 Å². The smallest absolute Gasteiger partial charge is 0.301 e. The number of hydrogen-bond acceptors (Lipinski definition) is 9. The number of Topliss-reactive ketones (excluding diaryl/α,β-unsaturated/α-hetero) is 1. The second-order valence-corrected chi connectivity index (χ2v) is 14.5. The van der Waals surface area contributed by atoms with Gasteiger partial charge in [-0.25, -0.2) is 0 Å². The molecule has 8 nitrogen and oxygen atoms in total. The highest BCUT2D eigenvalue weighted by Crippen LogP contribution is 2.44. The van der Waals surface area contributed by atoms with Crippen molar-refractivity contribution in [1.82, 2.24) is 10.2 Å². The lowest BCUT2D eigenvalue weighted by Crippen LogP contribution is -2.29. The first kappa shape index (κ1) is 35.2. The molecular weight excluding hydrogens is 690 g/mol. The van der Waals surface area contributed by atoms with Crippen LogP contribution in [-0.2, 0) is 21.9 Å². The fourth-order valence-electron chi connectivity index (χ4n) is 5.55. The number of thioether (sulfide) groups is 1. The van der Waals surface area contributed by atoms with E-state index in [4.69, 9.17) is 21.1 Å². The Kier molecular flexibility index (Phi) is 11.5. The van der Waals surface area contributed by atoms with Gasteiger partial charge in [0, 0.05) is 16.3 Å².